The van der Waals surface area contributed by atoms with E-state index < -0.39 is 6.04 Å². The van der Waals surface area contributed by atoms with Gasteiger partial charge in [0.2, 0.25) is 5.91 Å². The molecule has 0 radical (unpaired) electrons. The van der Waals surface area contributed by atoms with Gasteiger partial charge in [0.25, 0.3) is 0 Å². The number of hydrogen-bond donors (Lipinski definition) is 2. The lowest BCUT2D eigenvalue weighted by molar-refractivity contribution is -0.122. The predicted molar refractivity (Wildman–Crippen MR) is 95.4 cm³/mol. The largest absolute Gasteiger partial charge is 0.370 e. The van der Waals surface area contributed by atoms with Crippen LogP contribution < -0.4 is 10.6 Å². The van der Waals surface area contributed by atoms with Crippen LogP contribution in [0.4, 0.5) is 0 Å². The third-order valence-corrected chi connectivity index (χ3v) is 2.77. The van der Waals surface area contributed by atoms with Gasteiger partial charge in [-0.3, -0.25) is 4.79 Å². The van der Waals surface area contributed by atoms with Gasteiger partial charge in [-0.1, -0.05) is 62.4 Å². The van der Waals surface area contributed by atoms with Crippen LogP contribution in [0.3, 0.4) is 0 Å². The maximum absolute atomic E-state index is 12.1. The fraction of sp³-hybridized carbons (Fsp3) is 0.316. The molecule has 0 bridgehead atoms. The zero-order chi connectivity index (χ0) is 16.8. The van der Waals surface area contributed by atoms with Crippen molar-refractivity contribution in [3.63, 3.8) is 0 Å². The summed E-state index contributed by atoms with van der Waals surface area (Å²) in [6.07, 6.45) is 9.71. The number of benzene rings is 1. The minimum Gasteiger partial charge on any atom is -0.370 e. The number of rotatable bonds is 6. The molecule has 0 aliphatic heterocycles. The molecule has 1 aromatic rings. The molecular weight excluding hydrogens is 272 g/mol. The molecule has 1 rings (SSSR count). The summed E-state index contributed by atoms with van der Waals surface area (Å²) in [5.74, 6) is -0.0629. The molecule has 120 valence electrons. The van der Waals surface area contributed by atoms with E-state index in [0.717, 1.165) is 11.3 Å². The first kappa shape index (κ1) is 19.7. The van der Waals surface area contributed by atoms with Gasteiger partial charge >= 0.3 is 0 Å². The first-order valence-corrected chi connectivity index (χ1v) is 7.71. The Morgan fingerprint density at radius 1 is 1.09 bits per heavy atom. The smallest absolute Gasteiger partial charge is 0.246 e. The van der Waals surface area contributed by atoms with Gasteiger partial charge in [0.05, 0.1) is 0 Å². The monoisotopic (exact) mass is 300 g/mol. The molecule has 0 aromatic heterocycles. The van der Waals surface area contributed by atoms with Crippen molar-refractivity contribution in [2.24, 2.45) is 0 Å². The van der Waals surface area contributed by atoms with Crippen molar-refractivity contribution in [1.29, 1.82) is 0 Å². The average Bonchev–Trinajstić information content (AvgIpc) is 2.59. The Kier molecular flexibility index (Phi) is 11.2. The summed E-state index contributed by atoms with van der Waals surface area (Å²) in [6, 6.07) is 9.27. The number of carbonyl (C=O) groups is 1. The van der Waals surface area contributed by atoms with Crippen LogP contribution in [0.15, 0.2) is 66.4 Å². The topological polar surface area (TPSA) is 41.1 Å². The van der Waals surface area contributed by atoms with Gasteiger partial charge in [-0.05, 0) is 31.6 Å². The number of hydrogen-bond acceptors (Lipinski definition) is 2. The van der Waals surface area contributed by atoms with Crippen molar-refractivity contribution in [3.05, 3.63) is 72.0 Å². The van der Waals surface area contributed by atoms with Gasteiger partial charge in [0.15, 0.2) is 0 Å². The lowest BCUT2D eigenvalue weighted by Gasteiger charge is -2.19. The van der Waals surface area contributed by atoms with E-state index in [2.05, 4.69) is 10.6 Å². The van der Waals surface area contributed by atoms with Crippen LogP contribution in [0, 0.1) is 0 Å². The van der Waals surface area contributed by atoms with E-state index in [9.17, 15) is 4.79 Å². The highest BCUT2D eigenvalue weighted by atomic mass is 16.2. The van der Waals surface area contributed by atoms with Crippen LogP contribution in [0.1, 0.15) is 39.3 Å². The normalized spacial score (nSPS) is 12.7. The van der Waals surface area contributed by atoms with E-state index >= 15 is 0 Å². The van der Waals surface area contributed by atoms with Crippen LogP contribution >= 0.6 is 0 Å². The average molecular weight is 300 g/mol. The fourth-order valence-corrected chi connectivity index (χ4v) is 1.79. The molecule has 1 aromatic carbocycles. The van der Waals surface area contributed by atoms with Gasteiger partial charge < -0.3 is 10.6 Å². The fourth-order valence-electron chi connectivity index (χ4n) is 1.79. The molecular formula is C19H28N2O. The quantitative estimate of drug-likeness (QED) is 0.776. The number of likely N-dealkylation sites (N-methyl/N-ethyl adjacent to an activating group) is 1. The highest BCUT2D eigenvalue weighted by Gasteiger charge is 2.18. The van der Waals surface area contributed by atoms with E-state index in [4.69, 9.17) is 0 Å². The number of carbonyl (C=O) groups excluding carboxylic acids is 1. The van der Waals surface area contributed by atoms with E-state index in [1.54, 1.807) is 7.05 Å². The number of amides is 1. The van der Waals surface area contributed by atoms with Crippen LogP contribution in [0.25, 0.3) is 0 Å². The third kappa shape index (κ3) is 6.93. The molecule has 0 spiro atoms. The molecule has 0 heterocycles. The van der Waals surface area contributed by atoms with Crippen molar-refractivity contribution in [3.8, 4) is 0 Å². The summed E-state index contributed by atoms with van der Waals surface area (Å²) >= 11 is 0. The Morgan fingerprint density at radius 2 is 1.73 bits per heavy atom. The van der Waals surface area contributed by atoms with Crippen molar-refractivity contribution in [2.75, 3.05) is 7.05 Å². The predicted octanol–water partition coefficient (Wildman–Crippen LogP) is 4.13. The van der Waals surface area contributed by atoms with E-state index in [-0.39, 0.29) is 5.91 Å². The van der Waals surface area contributed by atoms with Gasteiger partial charge in [-0.15, -0.1) is 0 Å². The van der Waals surface area contributed by atoms with Gasteiger partial charge in [-0.25, -0.2) is 0 Å². The molecule has 0 saturated carbocycles. The molecule has 2 N–H and O–H groups in total. The van der Waals surface area contributed by atoms with Gasteiger partial charge in [0.1, 0.15) is 6.04 Å². The third-order valence-electron chi connectivity index (χ3n) is 2.77. The molecule has 22 heavy (non-hydrogen) atoms. The van der Waals surface area contributed by atoms with Crippen molar-refractivity contribution in [1.82, 2.24) is 10.6 Å². The molecule has 0 aliphatic rings. The summed E-state index contributed by atoms with van der Waals surface area (Å²) in [6.45, 7) is 7.90. The van der Waals surface area contributed by atoms with Crippen molar-refractivity contribution < 1.29 is 4.79 Å². The highest BCUT2D eigenvalue weighted by molar-refractivity contribution is 5.83. The first-order valence-electron chi connectivity index (χ1n) is 7.71. The molecule has 1 unspecified atom stereocenters. The molecule has 0 fully saturated rings. The van der Waals surface area contributed by atoms with Gasteiger partial charge in [-0.2, -0.15) is 0 Å². The van der Waals surface area contributed by atoms with Crippen molar-refractivity contribution >= 4 is 5.91 Å². The Bertz CT molecular complexity index is 501. The number of allylic oxidation sites excluding steroid dienone is 5. The Balaban J connectivity index is 0.00000211. The van der Waals surface area contributed by atoms with E-state index in [1.807, 2.05) is 88.4 Å². The number of nitrogens with one attached hydrogen (secondary N) is 2. The first-order chi connectivity index (χ1) is 10.7. The van der Waals surface area contributed by atoms with Gasteiger partial charge in [0, 0.05) is 12.7 Å². The standard InChI is InChI=1S/C17H22N2O.C2H6/c1-4-6-13-15(10-5-2)19-16(17(20)18-3)14-11-8-7-9-12-14;1-2/h4-13,16,19H,1-3H3,(H,18,20);1-2H3/b6-4-,10-5-,15-13+;. The zero-order valence-corrected chi connectivity index (χ0v) is 14.3. The summed E-state index contributed by atoms with van der Waals surface area (Å²) < 4.78 is 0. The second-order valence-electron chi connectivity index (χ2n) is 4.25. The minimum atomic E-state index is -0.408. The van der Waals surface area contributed by atoms with Crippen LogP contribution in [0.2, 0.25) is 0 Å². The van der Waals surface area contributed by atoms with Crippen LogP contribution in [-0.4, -0.2) is 13.0 Å². The molecule has 3 heteroatoms. The second-order valence-corrected chi connectivity index (χ2v) is 4.25. The maximum Gasteiger partial charge on any atom is 0.246 e. The summed E-state index contributed by atoms with van der Waals surface area (Å²) in [5.41, 5.74) is 1.82. The Morgan fingerprint density at radius 3 is 2.23 bits per heavy atom. The molecule has 3 nitrogen and oxygen atoms in total. The van der Waals surface area contributed by atoms with E-state index in [0.29, 0.717) is 0 Å². The molecule has 1 atom stereocenters. The van der Waals surface area contributed by atoms with Crippen LogP contribution in [-0.2, 0) is 4.79 Å². The Hall–Kier alpha value is -2.29. The zero-order valence-electron chi connectivity index (χ0n) is 14.3. The highest BCUT2D eigenvalue weighted by Crippen LogP contribution is 2.15. The van der Waals surface area contributed by atoms with E-state index in [1.165, 1.54) is 0 Å². The van der Waals surface area contributed by atoms with Crippen molar-refractivity contribution in [2.45, 2.75) is 33.7 Å². The minimum absolute atomic E-state index is 0.0629. The summed E-state index contributed by atoms with van der Waals surface area (Å²) in [5, 5.41) is 5.96. The summed E-state index contributed by atoms with van der Waals surface area (Å²) in [4.78, 5) is 12.1. The molecule has 0 saturated heterocycles. The maximum atomic E-state index is 12.1. The van der Waals surface area contributed by atoms with Crippen LogP contribution in [0.5, 0.6) is 0 Å². The summed E-state index contributed by atoms with van der Waals surface area (Å²) in [7, 11) is 1.64. The Labute approximate surface area is 134 Å². The second kappa shape index (κ2) is 12.5. The lowest BCUT2D eigenvalue weighted by atomic mass is 10.1. The molecule has 0 aliphatic carbocycles. The SMILES string of the molecule is CC.C\C=C/C=C(\C=C/C)NC(C(=O)NC)c1ccccc1. The lowest BCUT2D eigenvalue weighted by Crippen LogP contribution is -2.35. The molecule has 1 amide bonds.